The van der Waals surface area contributed by atoms with Gasteiger partial charge < -0.3 is 4.74 Å². The van der Waals surface area contributed by atoms with Gasteiger partial charge in [0.1, 0.15) is 0 Å². The SMILES string of the molecule is CCOC(=O)c1c(C)c(C)cp1C(C)(C)C. The van der Waals surface area contributed by atoms with Crippen LogP contribution < -0.4 is 0 Å². The third-order valence-electron chi connectivity index (χ3n) is 2.70. The van der Waals surface area contributed by atoms with Crippen molar-refractivity contribution in [2.45, 2.75) is 46.7 Å². The van der Waals surface area contributed by atoms with E-state index in [2.05, 4.69) is 33.5 Å². The highest BCUT2D eigenvalue weighted by Gasteiger charge is 2.26. The van der Waals surface area contributed by atoms with E-state index in [9.17, 15) is 4.79 Å². The molecule has 1 aromatic heterocycles. The van der Waals surface area contributed by atoms with E-state index in [0.29, 0.717) is 6.61 Å². The van der Waals surface area contributed by atoms with Gasteiger partial charge in [-0.1, -0.05) is 20.8 Å². The second-order valence-electron chi connectivity index (χ2n) is 5.05. The van der Waals surface area contributed by atoms with Gasteiger partial charge in [0.2, 0.25) is 0 Å². The lowest BCUT2D eigenvalue weighted by atomic mass is 10.2. The van der Waals surface area contributed by atoms with E-state index >= 15 is 0 Å². The van der Waals surface area contributed by atoms with Crippen molar-refractivity contribution >= 4 is 13.5 Å². The maximum absolute atomic E-state index is 12.0. The molecule has 16 heavy (non-hydrogen) atoms. The molecule has 0 saturated carbocycles. The van der Waals surface area contributed by atoms with Crippen molar-refractivity contribution in [3.63, 3.8) is 0 Å². The summed E-state index contributed by atoms with van der Waals surface area (Å²) in [6.07, 6.45) is 0. The molecule has 0 bridgehead atoms. The van der Waals surface area contributed by atoms with E-state index < -0.39 is 7.53 Å². The molecule has 1 unspecified atom stereocenters. The smallest absolute Gasteiger partial charge is 0.342 e. The summed E-state index contributed by atoms with van der Waals surface area (Å²) in [5.74, 6) is 2.12. The Balaban J connectivity index is 3.30. The summed E-state index contributed by atoms with van der Waals surface area (Å²) < 4.78 is 5.16. The van der Waals surface area contributed by atoms with Crippen LogP contribution in [0, 0.1) is 13.8 Å². The van der Waals surface area contributed by atoms with E-state index in [0.717, 1.165) is 10.9 Å². The summed E-state index contributed by atoms with van der Waals surface area (Å²) in [7, 11) is -0.536. The van der Waals surface area contributed by atoms with Crippen LogP contribution in [0.2, 0.25) is 0 Å². The molecule has 0 spiro atoms. The summed E-state index contributed by atoms with van der Waals surface area (Å²) in [6.45, 7) is 12.9. The highest BCUT2D eigenvalue weighted by atomic mass is 31.1. The molecular weight excluding hydrogens is 219 g/mol. The molecule has 0 N–H and O–H groups in total. The molecule has 0 amide bonds. The second kappa shape index (κ2) is 4.63. The van der Waals surface area contributed by atoms with Gasteiger partial charge in [-0.3, -0.25) is 0 Å². The first-order chi connectivity index (χ1) is 7.29. The van der Waals surface area contributed by atoms with Crippen molar-refractivity contribution < 1.29 is 9.53 Å². The summed E-state index contributed by atoms with van der Waals surface area (Å²) in [5, 5.41) is 1.03. The van der Waals surface area contributed by atoms with Crippen LogP contribution in [0.4, 0.5) is 0 Å². The topological polar surface area (TPSA) is 26.3 Å². The van der Waals surface area contributed by atoms with Gasteiger partial charge in [0, 0.05) is 5.16 Å². The summed E-state index contributed by atoms with van der Waals surface area (Å²) in [4.78, 5) is 12.0. The Bertz CT molecular complexity index is 397. The quantitative estimate of drug-likeness (QED) is 0.723. The normalized spacial score (nSPS) is 12.8. The molecule has 0 aliphatic carbocycles. The molecule has 1 aromatic rings. The van der Waals surface area contributed by atoms with Gasteiger partial charge in [-0.2, -0.15) is 0 Å². The molecule has 0 aliphatic heterocycles. The van der Waals surface area contributed by atoms with Gasteiger partial charge in [0.15, 0.2) is 0 Å². The average Bonchev–Trinajstić information content (AvgIpc) is 2.43. The molecular formula is C13H21O2P. The first-order valence-corrected chi connectivity index (χ1v) is 7.06. The van der Waals surface area contributed by atoms with Crippen LogP contribution >= 0.6 is 7.53 Å². The zero-order valence-corrected chi connectivity index (χ0v) is 11.9. The zero-order valence-electron chi connectivity index (χ0n) is 11.0. The maximum Gasteiger partial charge on any atom is 0.342 e. The van der Waals surface area contributed by atoms with Crippen molar-refractivity contribution in [3.05, 3.63) is 22.2 Å². The van der Waals surface area contributed by atoms with Gasteiger partial charge in [0.25, 0.3) is 0 Å². The van der Waals surface area contributed by atoms with Crippen LogP contribution in [0.1, 0.15) is 48.9 Å². The number of rotatable bonds is 2. The highest BCUT2D eigenvalue weighted by molar-refractivity contribution is 7.52. The molecule has 90 valence electrons. The predicted octanol–water partition coefficient (Wildman–Crippen LogP) is 4.22. The average molecular weight is 240 g/mol. The Morgan fingerprint density at radius 1 is 1.38 bits per heavy atom. The number of hydrogen-bond acceptors (Lipinski definition) is 2. The monoisotopic (exact) mass is 240 g/mol. The van der Waals surface area contributed by atoms with Crippen LogP contribution in [0.3, 0.4) is 0 Å². The van der Waals surface area contributed by atoms with E-state index in [-0.39, 0.29) is 11.1 Å². The highest BCUT2D eigenvalue weighted by Crippen LogP contribution is 2.51. The number of carbonyl (C=O) groups excluding carboxylic acids is 1. The Kier molecular flexibility index (Phi) is 3.85. The largest absolute Gasteiger partial charge is 0.462 e. The lowest BCUT2D eigenvalue weighted by molar-refractivity contribution is 0.0531. The van der Waals surface area contributed by atoms with E-state index in [1.807, 2.05) is 13.8 Å². The number of ether oxygens (including phenoxy) is 1. The fraction of sp³-hybridized carbons (Fsp3) is 0.615. The first-order valence-electron chi connectivity index (χ1n) is 5.65. The minimum atomic E-state index is -0.536. The van der Waals surface area contributed by atoms with Crippen LogP contribution in [-0.2, 0) is 9.89 Å². The first kappa shape index (κ1) is 13.3. The van der Waals surface area contributed by atoms with Crippen molar-refractivity contribution in [2.24, 2.45) is 0 Å². The molecule has 0 radical (unpaired) electrons. The fourth-order valence-corrected chi connectivity index (χ4v) is 4.27. The van der Waals surface area contributed by atoms with Gasteiger partial charge in [0.05, 0.1) is 11.9 Å². The minimum absolute atomic E-state index is 0.121. The van der Waals surface area contributed by atoms with Crippen molar-refractivity contribution in [3.8, 4) is 0 Å². The van der Waals surface area contributed by atoms with Crippen LogP contribution in [0.25, 0.3) is 0 Å². The van der Waals surface area contributed by atoms with E-state index in [1.54, 1.807) is 0 Å². The van der Waals surface area contributed by atoms with Gasteiger partial charge in [-0.15, -0.1) is 7.53 Å². The summed E-state index contributed by atoms with van der Waals surface area (Å²) in [6, 6.07) is 0. The maximum atomic E-state index is 12.0. The Morgan fingerprint density at radius 2 is 1.94 bits per heavy atom. The molecule has 1 rings (SSSR count). The van der Waals surface area contributed by atoms with Crippen LogP contribution in [0.15, 0.2) is 5.80 Å². The van der Waals surface area contributed by atoms with Crippen LogP contribution in [-0.4, -0.2) is 12.6 Å². The molecule has 2 nitrogen and oxygen atoms in total. The molecule has 0 fully saturated rings. The predicted molar refractivity (Wildman–Crippen MR) is 69.6 cm³/mol. The third kappa shape index (κ3) is 2.49. The number of aryl methyl sites for hydroxylation is 1. The van der Waals surface area contributed by atoms with Gasteiger partial charge in [-0.25, -0.2) is 4.79 Å². The lowest BCUT2D eigenvalue weighted by Gasteiger charge is -2.20. The van der Waals surface area contributed by atoms with E-state index in [4.69, 9.17) is 4.74 Å². The van der Waals surface area contributed by atoms with Crippen molar-refractivity contribution in [1.29, 1.82) is 0 Å². The zero-order chi connectivity index (χ0) is 12.5. The van der Waals surface area contributed by atoms with E-state index in [1.165, 1.54) is 5.56 Å². The second-order valence-corrected chi connectivity index (χ2v) is 7.83. The summed E-state index contributed by atoms with van der Waals surface area (Å²) in [5.41, 5.74) is 2.34. The molecule has 0 aliphatic rings. The van der Waals surface area contributed by atoms with Crippen molar-refractivity contribution in [1.82, 2.24) is 0 Å². The molecule has 3 heteroatoms. The fourth-order valence-electron chi connectivity index (χ4n) is 1.70. The standard InChI is InChI=1S/C13H21O2P/c1-7-15-12(14)11-10(3)9(2)8-16(11)13(4,5)6/h8H,7H2,1-6H3. The minimum Gasteiger partial charge on any atom is -0.462 e. The molecule has 0 aromatic carbocycles. The number of carbonyl (C=O) groups is 1. The lowest BCUT2D eigenvalue weighted by Crippen LogP contribution is -2.09. The number of hydrogen-bond donors (Lipinski definition) is 0. The van der Waals surface area contributed by atoms with Crippen LogP contribution in [0.5, 0.6) is 0 Å². The summed E-state index contributed by atoms with van der Waals surface area (Å²) >= 11 is 0. The molecule has 1 heterocycles. The molecule has 1 atom stereocenters. The Hall–Kier alpha value is -0.750. The Labute approximate surface area is 99.1 Å². The van der Waals surface area contributed by atoms with Gasteiger partial charge in [-0.05, 0) is 37.7 Å². The Morgan fingerprint density at radius 3 is 2.38 bits per heavy atom. The third-order valence-corrected chi connectivity index (χ3v) is 5.79. The number of esters is 1. The molecule has 0 saturated heterocycles. The van der Waals surface area contributed by atoms with Crippen molar-refractivity contribution in [2.75, 3.05) is 6.61 Å². The van der Waals surface area contributed by atoms with Gasteiger partial charge >= 0.3 is 5.97 Å².